The standard InChI is InChI=1S/C22H27ClN2O4/c1-3-4-5-6-13-28-20-12-7-17(14-21(20)27-2)15-24-25-22(26)16-29-19-10-8-18(23)9-11-19/h7-12,14-15H,3-6,13,16H2,1-2H3,(H,25,26)/b24-15+. The number of carbonyl (C=O) groups excluding carboxylic acids is 1. The van der Waals surface area contributed by atoms with E-state index >= 15 is 0 Å². The monoisotopic (exact) mass is 418 g/mol. The van der Waals surface area contributed by atoms with Gasteiger partial charge in [0.25, 0.3) is 5.91 Å². The largest absolute Gasteiger partial charge is 0.493 e. The minimum absolute atomic E-state index is 0.146. The van der Waals surface area contributed by atoms with Gasteiger partial charge in [-0.15, -0.1) is 0 Å². The number of carbonyl (C=O) groups is 1. The number of methoxy groups -OCH3 is 1. The van der Waals surface area contributed by atoms with Gasteiger partial charge in [-0.1, -0.05) is 37.8 Å². The summed E-state index contributed by atoms with van der Waals surface area (Å²) in [6.07, 6.45) is 6.12. The van der Waals surface area contributed by atoms with Crippen molar-refractivity contribution in [2.45, 2.75) is 32.6 Å². The fourth-order valence-corrected chi connectivity index (χ4v) is 2.61. The number of nitrogens with zero attached hydrogens (tertiary/aromatic N) is 1. The Morgan fingerprint density at radius 1 is 1.07 bits per heavy atom. The highest BCUT2D eigenvalue weighted by Gasteiger charge is 2.06. The first-order valence-corrected chi connectivity index (χ1v) is 10.0. The Hall–Kier alpha value is -2.73. The number of hydrogen-bond acceptors (Lipinski definition) is 5. The molecule has 0 atom stereocenters. The van der Waals surface area contributed by atoms with E-state index in [9.17, 15) is 4.79 Å². The normalized spacial score (nSPS) is 10.7. The summed E-state index contributed by atoms with van der Waals surface area (Å²) in [5.74, 6) is 1.52. The summed E-state index contributed by atoms with van der Waals surface area (Å²) in [7, 11) is 1.59. The summed E-state index contributed by atoms with van der Waals surface area (Å²) < 4.78 is 16.5. The molecule has 2 aromatic carbocycles. The summed E-state index contributed by atoms with van der Waals surface area (Å²) in [4.78, 5) is 11.8. The highest BCUT2D eigenvalue weighted by Crippen LogP contribution is 2.27. The number of hydrazone groups is 1. The molecule has 2 rings (SSSR count). The third-order valence-electron chi connectivity index (χ3n) is 4.03. The van der Waals surface area contributed by atoms with Gasteiger partial charge in [0.15, 0.2) is 18.1 Å². The van der Waals surface area contributed by atoms with Gasteiger partial charge in [-0.05, 0) is 54.4 Å². The Morgan fingerprint density at radius 3 is 2.59 bits per heavy atom. The smallest absolute Gasteiger partial charge is 0.277 e. The molecule has 156 valence electrons. The van der Waals surface area contributed by atoms with Crippen LogP contribution in [0, 0.1) is 0 Å². The third-order valence-corrected chi connectivity index (χ3v) is 4.28. The van der Waals surface area contributed by atoms with Crippen molar-refractivity contribution in [3.63, 3.8) is 0 Å². The number of hydrogen-bond donors (Lipinski definition) is 1. The van der Waals surface area contributed by atoms with Crippen LogP contribution < -0.4 is 19.6 Å². The maximum absolute atomic E-state index is 11.8. The lowest BCUT2D eigenvalue weighted by Gasteiger charge is -2.11. The van der Waals surface area contributed by atoms with Gasteiger partial charge in [-0.3, -0.25) is 4.79 Å². The molecule has 0 aliphatic rings. The fraction of sp³-hybridized carbons (Fsp3) is 0.364. The Kier molecular flexibility index (Phi) is 9.86. The zero-order valence-electron chi connectivity index (χ0n) is 16.8. The quantitative estimate of drug-likeness (QED) is 0.304. The number of ether oxygens (including phenoxy) is 3. The minimum Gasteiger partial charge on any atom is -0.493 e. The van der Waals surface area contributed by atoms with E-state index in [0.717, 1.165) is 18.4 Å². The molecule has 6 nitrogen and oxygen atoms in total. The molecule has 2 aromatic rings. The van der Waals surface area contributed by atoms with Crippen LogP contribution in [-0.4, -0.2) is 32.4 Å². The van der Waals surface area contributed by atoms with Crippen LogP contribution in [0.2, 0.25) is 5.02 Å². The molecule has 0 spiro atoms. The van der Waals surface area contributed by atoms with E-state index < -0.39 is 0 Å². The highest BCUT2D eigenvalue weighted by atomic mass is 35.5. The van der Waals surface area contributed by atoms with Gasteiger partial charge < -0.3 is 14.2 Å². The van der Waals surface area contributed by atoms with E-state index in [4.69, 9.17) is 25.8 Å². The summed E-state index contributed by atoms with van der Waals surface area (Å²) >= 11 is 5.80. The molecular weight excluding hydrogens is 392 g/mol. The summed E-state index contributed by atoms with van der Waals surface area (Å²) in [6, 6.07) is 12.3. The molecule has 29 heavy (non-hydrogen) atoms. The average Bonchev–Trinajstić information content (AvgIpc) is 2.73. The molecule has 0 fully saturated rings. The Morgan fingerprint density at radius 2 is 1.86 bits per heavy atom. The van der Waals surface area contributed by atoms with Gasteiger partial charge >= 0.3 is 0 Å². The van der Waals surface area contributed by atoms with E-state index in [1.165, 1.54) is 19.1 Å². The first-order valence-electron chi connectivity index (χ1n) is 9.63. The number of nitrogens with one attached hydrogen (secondary N) is 1. The summed E-state index contributed by atoms with van der Waals surface area (Å²) in [5.41, 5.74) is 3.20. The lowest BCUT2D eigenvalue weighted by molar-refractivity contribution is -0.123. The van der Waals surface area contributed by atoms with Gasteiger partial charge in [0.05, 0.1) is 19.9 Å². The molecule has 0 heterocycles. The van der Waals surface area contributed by atoms with E-state index in [1.807, 2.05) is 12.1 Å². The lowest BCUT2D eigenvalue weighted by atomic mass is 10.2. The van der Waals surface area contributed by atoms with Gasteiger partial charge in [0.2, 0.25) is 0 Å². The molecule has 0 saturated carbocycles. The van der Waals surface area contributed by atoms with Gasteiger partial charge in [0.1, 0.15) is 5.75 Å². The number of unbranched alkanes of at least 4 members (excludes halogenated alkanes) is 3. The number of benzene rings is 2. The molecule has 1 amide bonds. The number of halogens is 1. The van der Waals surface area contributed by atoms with Crippen molar-refractivity contribution in [2.75, 3.05) is 20.3 Å². The van der Waals surface area contributed by atoms with Crippen LogP contribution in [0.4, 0.5) is 0 Å². The second-order valence-electron chi connectivity index (χ2n) is 6.36. The molecule has 0 saturated heterocycles. The van der Waals surface area contributed by atoms with Crippen LogP contribution in [0.15, 0.2) is 47.6 Å². The Labute approximate surface area is 176 Å². The topological polar surface area (TPSA) is 69.2 Å². The lowest BCUT2D eigenvalue weighted by Crippen LogP contribution is -2.24. The first-order chi connectivity index (χ1) is 14.1. The Balaban J connectivity index is 1.79. The maximum atomic E-state index is 11.8. The molecule has 0 unspecified atom stereocenters. The van der Waals surface area contributed by atoms with E-state index in [2.05, 4.69) is 17.5 Å². The van der Waals surface area contributed by atoms with Crippen molar-refractivity contribution in [3.05, 3.63) is 53.1 Å². The average molecular weight is 419 g/mol. The van der Waals surface area contributed by atoms with Crippen molar-refractivity contribution in [1.82, 2.24) is 5.43 Å². The summed E-state index contributed by atoms with van der Waals surface area (Å²) in [6.45, 7) is 2.69. The highest BCUT2D eigenvalue weighted by molar-refractivity contribution is 6.30. The van der Waals surface area contributed by atoms with E-state index in [1.54, 1.807) is 37.4 Å². The van der Waals surface area contributed by atoms with Crippen LogP contribution in [0.5, 0.6) is 17.2 Å². The molecule has 0 aliphatic carbocycles. The predicted molar refractivity (Wildman–Crippen MR) is 115 cm³/mol. The van der Waals surface area contributed by atoms with E-state index in [0.29, 0.717) is 28.9 Å². The fourth-order valence-electron chi connectivity index (χ4n) is 2.49. The van der Waals surface area contributed by atoms with Crippen molar-refractivity contribution >= 4 is 23.7 Å². The van der Waals surface area contributed by atoms with E-state index in [-0.39, 0.29) is 12.5 Å². The van der Waals surface area contributed by atoms with Crippen molar-refractivity contribution < 1.29 is 19.0 Å². The van der Waals surface area contributed by atoms with Crippen molar-refractivity contribution in [1.29, 1.82) is 0 Å². The predicted octanol–water partition coefficient (Wildman–Crippen LogP) is 4.84. The van der Waals surface area contributed by atoms with Gasteiger partial charge in [-0.25, -0.2) is 5.43 Å². The number of rotatable bonds is 12. The maximum Gasteiger partial charge on any atom is 0.277 e. The Bertz CT molecular complexity index is 794. The SMILES string of the molecule is CCCCCCOc1ccc(/C=N/NC(=O)COc2ccc(Cl)cc2)cc1OC. The van der Waals surface area contributed by atoms with Crippen molar-refractivity contribution in [2.24, 2.45) is 5.10 Å². The van der Waals surface area contributed by atoms with Gasteiger partial charge in [-0.2, -0.15) is 5.10 Å². The van der Waals surface area contributed by atoms with Crippen LogP contribution in [0.25, 0.3) is 0 Å². The van der Waals surface area contributed by atoms with Crippen LogP contribution >= 0.6 is 11.6 Å². The first kappa shape index (κ1) is 22.6. The molecule has 0 bridgehead atoms. The third kappa shape index (κ3) is 8.44. The zero-order chi connectivity index (χ0) is 20.9. The van der Waals surface area contributed by atoms with Gasteiger partial charge in [0, 0.05) is 5.02 Å². The molecule has 0 aromatic heterocycles. The van der Waals surface area contributed by atoms with Crippen LogP contribution in [-0.2, 0) is 4.79 Å². The molecule has 7 heteroatoms. The minimum atomic E-state index is -0.366. The second-order valence-corrected chi connectivity index (χ2v) is 6.79. The van der Waals surface area contributed by atoms with Crippen LogP contribution in [0.1, 0.15) is 38.2 Å². The molecular formula is C22H27ClN2O4. The molecule has 0 radical (unpaired) electrons. The summed E-state index contributed by atoms with van der Waals surface area (Å²) in [5, 5.41) is 4.55. The molecule has 1 N–H and O–H groups in total. The number of amides is 1. The second kappa shape index (κ2) is 12.7. The molecule has 0 aliphatic heterocycles. The van der Waals surface area contributed by atoms with Crippen LogP contribution in [0.3, 0.4) is 0 Å². The van der Waals surface area contributed by atoms with Crippen molar-refractivity contribution in [3.8, 4) is 17.2 Å². The zero-order valence-corrected chi connectivity index (χ0v) is 17.6.